The lowest BCUT2D eigenvalue weighted by molar-refractivity contribution is -0.137. The number of alkyl halides is 3. The number of nitrogens with zero attached hydrogens (tertiary/aromatic N) is 4. The fourth-order valence-electron chi connectivity index (χ4n) is 7.03. The van der Waals surface area contributed by atoms with Crippen LogP contribution in [0.4, 0.5) is 27.6 Å². The maximum absolute atomic E-state index is 14.6. The smallest absolute Gasteiger partial charge is 0.335 e. The molecule has 1 fully saturated rings. The predicted octanol–water partition coefficient (Wildman–Crippen LogP) is 8.59. The second-order valence-electron chi connectivity index (χ2n) is 14.0. The van der Waals surface area contributed by atoms with Crippen LogP contribution >= 0.6 is 0 Å². The molecule has 0 N–H and O–H groups in total. The van der Waals surface area contributed by atoms with Gasteiger partial charge < -0.3 is 9.80 Å². The maximum Gasteiger partial charge on any atom is 0.416 e. The van der Waals surface area contributed by atoms with Gasteiger partial charge in [0.1, 0.15) is 18.9 Å². The van der Waals surface area contributed by atoms with Crippen molar-refractivity contribution in [2.45, 2.75) is 57.8 Å². The molecule has 0 spiro atoms. The molecule has 2 heterocycles. The van der Waals surface area contributed by atoms with E-state index < -0.39 is 23.4 Å². The molecule has 52 heavy (non-hydrogen) atoms. The zero-order valence-corrected chi connectivity index (χ0v) is 29.2. The summed E-state index contributed by atoms with van der Waals surface area (Å²) in [5.41, 5.74) is 2.27. The molecule has 4 aromatic rings. The topological polar surface area (TPSA) is 56.2 Å². The lowest BCUT2D eigenvalue weighted by atomic mass is 10.00. The van der Waals surface area contributed by atoms with Crippen LogP contribution in [0, 0.1) is 11.6 Å². The molecule has 0 bridgehead atoms. The van der Waals surface area contributed by atoms with Crippen LogP contribution in [0.25, 0.3) is 11.1 Å². The van der Waals surface area contributed by atoms with Gasteiger partial charge in [0.25, 0.3) is 0 Å². The number of amidine groups is 1. The zero-order valence-electron chi connectivity index (χ0n) is 29.2. The fourth-order valence-corrected chi connectivity index (χ4v) is 7.03. The van der Waals surface area contributed by atoms with Gasteiger partial charge in [-0.3, -0.25) is 19.5 Å². The van der Waals surface area contributed by atoms with Gasteiger partial charge in [0.2, 0.25) is 5.91 Å². The van der Waals surface area contributed by atoms with Gasteiger partial charge in [-0.05, 0) is 98.8 Å². The second-order valence-corrected chi connectivity index (χ2v) is 14.0. The van der Waals surface area contributed by atoms with E-state index in [1.54, 1.807) is 34.1 Å². The number of hydrogen-bond acceptors (Lipinski definition) is 5. The van der Waals surface area contributed by atoms with Crippen molar-refractivity contribution in [2.75, 3.05) is 37.6 Å². The van der Waals surface area contributed by atoms with Gasteiger partial charge in [-0.15, -0.1) is 0 Å². The number of rotatable bonds is 11. The molecule has 0 radical (unpaired) electrons. The van der Waals surface area contributed by atoms with Crippen molar-refractivity contribution < 1.29 is 31.5 Å². The number of ketones is 1. The van der Waals surface area contributed by atoms with Crippen LogP contribution in [0.2, 0.25) is 0 Å². The first kappa shape index (κ1) is 36.9. The van der Waals surface area contributed by atoms with Crippen molar-refractivity contribution in [1.82, 2.24) is 9.80 Å². The molecule has 6 nitrogen and oxygen atoms in total. The Bertz CT molecular complexity index is 1930. The van der Waals surface area contributed by atoms with Gasteiger partial charge in [0, 0.05) is 30.6 Å². The number of likely N-dealkylation sites (tertiary alicyclic amines) is 1. The highest BCUT2D eigenvalue weighted by Crippen LogP contribution is 2.32. The second kappa shape index (κ2) is 15.4. The van der Waals surface area contributed by atoms with Crippen LogP contribution in [-0.2, 0) is 23.9 Å². The number of carbonyl (C=O) groups excluding carboxylic acids is 2. The Kier molecular flexibility index (Phi) is 10.9. The normalized spacial score (nSPS) is 15.3. The third-order valence-electron chi connectivity index (χ3n) is 9.92. The summed E-state index contributed by atoms with van der Waals surface area (Å²) < 4.78 is 68.0. The minimum atomic E-state index is -4.42. The summed E-state index contributed by atoms with van der Waals surface area (Å²) in [7, 11) is 0. The number of para-hydroxylation sites is 1. The molecular weight excluding hydrogens is 675 g/mol. The molecule has 2 aliphatic heterocycles. The third kappa shape index (κ3) is 8.41. The largest absolute Gasteiger partial charge is 0.416 e. The van der Waals surface area contributed by atoms with Crippen LogP contribution in [0.15, 0.2) is 96.0 Å². The first-order valence-electron chi connectivity index (χ1n) is 17.5. The predicted molar refractivity (Wildman–Crippen MR) is 192 cm³/mol. The van der Waals surface area contributed by atoms with Gasteiger partial charge in [-0.2, -0.15) is 13.2 Å². The maximum atomic E-state index is 14.6. The zero-order chi connectivity index (χ0) is 37.0. The monoisotopic (exact) mass is 716 g/mol. The quantitative estimate of drug-likeness (QED) is 0.146. The number of halogens is 5. The number of benzene rings is 4. The minimum Gasteiger partial charge on any atom is -0.335 e. The van der Waals surface area contributed by atoms with Gasteiger partial charge >= 0.3 is 6.18 Å². The molecular formula is C41H41F5N4O2. The van der Waals surface area contributed by atoms with Gasteiger partial charge in [0.15, 0.2) is 17.4 Å². The molecule has 272 valence electrons. The number of amides is 1. The highest BCUT2D eigenvalue weighted by Gasteiger charge is 2.34. The number of Topliss-reactive ketones (excluding diaryl/α,β-unsaturated/α-hetero) is 1. The number of hydrogen-bond donors (Lipinski definition) is 0. The van der Waals surface area contributed by atoms with Crippen molar-refractivity contribution in [3.8, 4) is 11.1 Å². The summed E-state index contributed by atoms with van der Waals surface area (Å²) in [4.78, 5) is 38.2. The average molecular weight is 717 g/mol. The Morgan fingerprint density at radius 3 is 2.15 bits per heavy atom. The third-order valence-corrected chi connectivity index (χ3v) is 9.92. The molecule has 0 saturated carbocycles. The lowest BCUT2D eigenvalue weighted by Gasteiger charge is -2.40. The molecule has 4 aromatic carbocycles. The van der Waals surface area contributed by atoms with E-state index in [1.165, 1.54) is 24.3 Å². The Labute approximate surface area is 300 Å². The molecule has 0 aromatic heterocycles. The molecule has 11 heteroatoms. The standard InChI is InChI=1S/C41H41F5N4O2/c1-40(2,49-22-5-6-23-49)27-48(25-28-12-14-29(15-13-28)30-16-19-32(20-17-30)41(44,45)46)38(52)26-50-35-11-4-3-9-33(35)36(51)24-47-37(50)21-18-31-8-7-10-34(42)39(31)43/h3-4,7-17,19-20H,5-6,18,21-27H2,1-2H3. The van der Waals surface area contributed by atoms with Crippen molar-refractivity contribution in [1.29, 1.82) is 0 Å². The van der Waals surface area contributed by atoms with E-state index >= 15 is 0 Å². The van der Waals surface area contributed by atoms with Gasteiger partial charge in [-0.25, -0.2) is 8.78 Å². The molecule has 1 amide bonds. The molecule has 0 atom stereocenters. The number of anilines is 1. The minimum absolute atomic E-state index is 0.112. The summed E-state index contributed by atoms with van der Waals surface area (Å²) in [5.74, 6) is -1.88. The highest BCUT2D eigenvalue weighted by atomic mass is 19.4. The molecule has 0 aliphatic carbocycles. The Morgan fingerprint density at radius 1 is 0.827 bits per heavy atom. The van der Waals surface area contributed by atoms with E-state index in [9.17, 15) is 31.5 Å². The van der Waals surface area contributed by atoms with E-state index in [0.717, 1.165) is 55.3 Å². The van der Waals surface area contributed by atoms with Gasteiger partial charge in [-0.1, -0.05) is 60.7 Å². The molecule has 2 aliphatic rings. The van der Waals surface area contributed by atoms with Crippen molar-refractivity contribution in [3.05, 3.63) is 125 Å². The van der Waals surface area contributed by atoms with Crippen LogP contribution in [0.5, 0.6) is 0 Å². The van der Waals surface area contributed by atoms with Gasteiger partial charge in [0.05, 0.1) is 11.3 Å². The van der Waals surface area contributed by atoms with Crippen LogP contribution in [0.3, 0.4) is 0 Å². The van der Waals surface area contributed by atoms with Crippen molar-refractivity contribution in [2.24, 2.45) is 4.99 Å². The SMILES string of the molecule is CC(C)(CN(Cc1ccc(-c2ccc(C(F)(F)F)cc2)cc1)C(=O)CN1C(CCc2cccc(F)c2F)=NCC(=O)c2ccccc21)N1CCCC1. The Morgan fingerprint density at radius 2 is 1.48 bits per heavy atom. The summed E-state index contributed by atoms with van der Waals surface area (Å²) in [6.45, 7) is 6.46. The first-order chi connectivity index (χ1) is 24.8. The van der Waals surface area contributed by atoms with Crippen LogP contribution in [-0.4, -0.2) is 65.6 Å². The van der Waals surface area contributed by atoms with Crippen LogP contribution < -0.4 is 4.90 Å². The van der Waals surface area contributed by atoms with E-state index in [4.69, 9.17) is 0 Å². The van der Waals surface area contributed by atoms with E-state index in [0.29, 0.717) is 29.2 Å². The summed E-state index contributed by atoms with van der Waals surface area (Å²) in [6.07, 6.45) is -1.99. The van der Waals surface area contributed by atoms with Crippen molar-refractivity contribution >= 4 is 23.2 Å². The molecule has 6 rings (SSSR count). The number of carbonyl (C=O) groups is 2. The highest BCUT2D eigenvalue weighted by molar-refractivity contribution is 6.12. The van der Waals surface area contributed by atoms with E-state index in [-0.39, 0.29) is 55.3 Å². The molecule has 1 saturated heterocycles. The lowest BCUT2D eigenvalue weighted by Crippen LogP contribution is -2.53. The number of fused-ring (bicyclic) bond motifs is 1. The van der Waals surface area contributed by atoms with Crippen LogP contribution in [0.1, 0.15) is 60.2 Å². The summed E-state index contributed by atoms with van der Waals surface area (Å²) in [6, 6.07) is 23.4. The van der Waals surface area contributed by atoms with E-state index in [1.807, 2.05) is 24.3 Å². The first-order valence-corrected chi connectivity index (χ1v) is 17.5. The number of aryl methyl sites for hydroxylation is 1. The Hall–Kier alpha value is -4.90. The number of aliphatic imine (C=N–C) groups is 1. The summed E-state index contributed by atoms with van der Waals surface area (Å²) in [5, 5.41) is 0. The van der Waals surface area contributed by atoms with Crippen molar-refractivity contribution in [3.63, 3.8) is 0 Å². The van der Waals surface area contributed by atoms with E-state index in [2.05, 4.69) is 23.7 Å². The molecule has 0 unspecified atom stereocenters. The summed E-state index contributed by atoms with van der Waals surface area (Å²) >= 11 is 0. The average Bonchev–Trinajstić information content (AvgIpc) is 3.65. The fraction of sp³-hybridized carbons (Fsp3) is 0.341. The Balaban J connectivity index is 1.28.